The summed E-state index contributed by atoms with van der Waals surface area (Å²) in [7, 11) is 0. The molecule has 2 aromatic carbocycles. The number of hydrogen-bond acceptors (Lipinski definition) is 2. The fourth-order valence-corrected chi connectivity index (χ4v) is 2.18. The Balaban J connectivity index is 2.53. The van der Waals surface area contributed by atoms with Crippen molar-refractivity contribution in [1.29, 1.82) is 0 Å². The Bertz CT molecular complexity index is 557. The third-order valence-electron chi connectivity index (χ3n) is 3.00. The van der Waals surface area contributed by atoms with Gasteiger partial charge >= 0.3 is 0 Å². The van der Waals surface area contributed by atoms with Gasteiger partial charge in [0, 0.05) is 10.6 Å². The molecule has 0 saturated carbocycles. The summed E-state index contributed by atoms with van der Waals surface area (Å²) in [5, 5.41) is 0.643. The Morgan fingerprint density at radius 2 is 1.78 bits per heavy atom. The molecule has 1 unspecified atom stereocenters. The first kappa shape index (κ1) is 13.0. The van der Waals surface area contributed by atoms with Crippen LogP contribution in [0, 0.1) is 12.7 Å². The SMILES string of the molecule is Cc1c(Cl)cccc1C(NN)c1ccccc1F. The predicted molar refractivity (Wildman–Crippen MR) is 71.8 cm³/mol. The number of nitrogens with two attached hydrogens (primary N) is 1. The predicted octanol–water partition coefficient (Wildman–Crippen LogP) is 3.34. The normalized spacial score (nSPS) is 12.4. The first-order valence-corrected chi connectivity index (χ1v) is 5.98. The van der Waals surface area contributed by atoms with Crippen LogP contribution in [0.25, 0.3) is 0 Å². The van der Waals surface area contributed by atoms with E-state index in [0.29, 0.717) is 10.6 Å². The zero-order valence-corrected chi connectivity index (χ0v) is 10.7. The molecular weight excluding hydrogens is 251 g/mol. The highest BCUT2D eigenvalue weighted by Gasteiger charge is 2.18. The summed E-state index contributed by atoms with van der Waals surface area (Å²) in [6, 6.07) is 11.7. The molecule has 0 fully saturated rings. The van der Waals surface area contributed by atoms with E-state index in [9.17, 15) is 4.39 Å². The average Bonchev–Trinajstić information content (AvgIpc) is 2.37. The van der Waals surface area contributed by atoms with Gasteiger partial charge in [0.2, 0.25) is 0 Å². The van der Waals surface area contributed by atoms with E-state index in [1.807, 2.05) is 19.1 Å². The van der Waals surface area contributed by atoms with E-state index in [2.05, 4.69) is 5.43 Å². The van der Waals surface area contributed by atoms with E-state index in [1.54, 1.807) is 24.3 Å². The van der Waals surface area contributed by atoms with E-state index < -0.39 is 6.04 Å². The highest BCUT2D eigenvalue weighted by atomic mass is 35.5. The van der Waals surface area contributed by atoms with Crippen LogP contribution in [-0.2, 0) is 0 Å². The van der Waals surface area contributed by atoms with Gasteiger partial charge in [0.1, 0.15) is 5.82 Å². The van der Waals surface area contributed by atoms with Crippen LogP contribution in [0.15, 0.2) is 42.5 Å². The lowest BCUT2D eigenvalue weighted by Crippen LogP contribution is -2.30. The number of rotatable bonds is 3. The number of benzene rings is 2. The van der Waals surface area contributed by atoms with Crippen LogP contribution in [0.5, 0.6) is 0 Å². The van der Waals surface area contributed by atoms with Crippen molar-refractivity contribution in [2.24, 2.45) is 5.84 Å². The van der Waals surface area contributed by atoms with Crippen LogP contribution >= 0.6 is 11.6 Å². The van der Waals surface area contributed by atoms with Gasteiger partial charge < -0.3 is 0 Å². The molecule has 0 amide bonds. The summed E-state index contributed by atoms with van der Waals surface area (Å²) in [5.74, 6) is 5.27. The van der Waals surface area contributed by atoms with Gasteiger partial charge in [-0.3, -0.25) is 5.84 Å². The first-order valence-electron chi connectivity index (χ1n) is 5.60. The molecule has 1 atom stereocenters. The molecule has 0 bridgehead atoms. The molecule has 94 valence electrons. The molecule has 2 rings (SSSR count). The zero-order chi connectivity index (χ0) is 13.1. The quantitative estimate of drug-likeness (QED) is 0.659. The molecule has 0 radical (unpaired) electrons. The standard InChI is InChI=1S/C14H14ClFN2/c1-9-10(6-4-7-12(9)15)14(18-17)11-5-2-3-8-13(11)16/h2-8,14,18H,17H2,1H3. The zero-order valence-electron chi connectivity index (χ0n) is 9.95. The Labute approximate surface area is 111 Å². The Kier molecular flexibility index (Phi) is 3.97. The van der Waals surface area contributed by atoms with Gasteiger partial charge in [0.05, 0.1) is 6.04 Å². The van der Waals surface area contributed by atoms with Crippen LogP contribution in [0.4, 0.5) is 4.39 Å². The molecule has 0 aromatic heterocycles. The third kappa shape index (κ3) is 2.38. The highest BCUT2D eigenvalue weighted by molar-refractivity contribution is 6.31. The average molecular weight is 265 g/mol. The van der Waals surface area contributed by atoms with Crippen molar-refractivity contribution in [3.8, 4) is 0 Å². The summed E-state index contributed by atoms with van der Waals surface area (Å²) in [6.45, 7) is 1.89. The van der Waals surface area contributed by atoms with Crippen molar-refractivity contribution < 1.29 is 4.39 Å². The topological polar surface area (TPSA) is 38.0 Å². The maximum absolute atomic E-state index is 13.8. The molecule has 0 aliphatic rings. The van der Waals surface area contributed by atoms with Crippen LogP contribution in [0.1, 0.15) is 22.7 Å². The summed E-state index contributed by atoms with van der Waals surface area (Å²) < 4.78 is 13.8. The van der Waals surface area contributed by atoms with Crippen LogP contribution in [0.2, 0.25) is 5.02 Å². The Morgan fingerprint density at radius 3 is 2.44 bits per heavy atom. The van der Waals surface area contributed by atoms with Gasteiger partial charge in [0.15, 0.2) is 0 Å². The number of halogens is 2. The molecule has 2 nitrogen and oxygen atoms in total. The Hall–Kier alpha value is -1.42. The minimum Gasteiger partial charge on any atom is -0.271 e. The molecule has 18 heavy (non-hydrogen) atoms. The van der Waals surface area contributed by atoms with Gasteiger partial charge in [-0.15, -0.1) is 0 Å². The smallest absolute Gasteiger partial charge is 0.128 e. The van der Waals surface area contributed by atoms with E-state index in [4.69, 9.17) is 17.4 Å². The maximum Gasteiger partial charge on any atom is 0.128 e. The third-order valence-corrected chi connectivity index (χ3v) is 3.41. The van der Waals surface area contributed by atoms with E-state index in [1.165, 1.54) is 6.07 Å². The summed E-state index contributed by atoms with van der Waals surface area (Å²) in [6.07, 6.45) is 0. The second-order valence-electron chi connectivity index (χ2n) is 4.08. The van der Waals surface area contributed by atoms with Gasteiger partial charge in [-0.2, -0.15) is 0 Å². The summed E-state index contributed by atoms with van der Waals surface area (Å²) in [4.78, 5) is 0. The number of hydrogen-bond donors (Lipinski definition) is 2. The molecule has 0 aliphatic carbocycles. The molecule has 0 saturated heterocycles. The molecule has 0 aliphatic heterocycles. The molecule has 3 N–H and O–H groups in total. The lowest BCUT2D eigenvalue weighted by Gasteiger charge is -2.20. The second-order valence-corrected chi connectivity index (χ2v) is 4.48. The van der Waals surface area contributed by atoms with E-state index in [0.717, 1.165) is 11.1 Å². The van der Waals surface area contributed by atoms with Crippen LogP contribution in [0.3, 0.4) is 0 Å². The van der Waals surface area contributed by atoms with Crippen molar-refractivity contribution in [3.05, 3.63) is 70.0 Å². The molecule has 2 aromatic rings. The van der Waals surface area contributed by atoms with Gasteiger partial charge in [-0.05, 0) is 30.2 Å². The van der Waals surface area contributed by atoms with Crippen molar-refractivity contribution in [2.75, 3.05) is 0 Å². The first-order chi connectivity index (χ1) is 8.65. The fourth-order valence-electron chi connectivity index (χ4n) is 1.99. The van der Waals surface area contributed by atoms with Crippen LogP contribution in [-0.4, -0.2) is 0 Å². The molecule has 0 spiro atoms. The molecule has 0 heterocycles. The van der Waals surface area contributed by atoms with Gasteiger partial charge in [-0.1, -0.05) is 41.9 Å². The van der Waals surface area contributed by atoms with Crippen molar-refractivity contribution >= 4 is 11.6 Å². The monoisotopic (exact) mass is 264 g/mol. The second kappa shape index (κ2) is 5.48. The van der Waals surface area contributed by atoms with Crippen LogP contribution < -0.4 is 11.3 Å². The van der Waals surface area contributed by atoms with E-state index >= 15 is 0 Å². The molecular formula is C14H14ClFN2. The largest absolute Gasteiger partial charge is 0.271 e. The minimum absolute atomic E-state index is 0.292. The maximum atomic E-state index is 13.8. The molecule has 4 heteroatoms. The van der Waals surface area contributed by atoms with Crippen molar-refractivity contribution in [2.45, 2.75) is 13.0 Å². The van der Waals surface area contributed by atoms with Gasteiger partial charge in [0.25, 0.3) is 0 Å². The summed E-state index contributed by atoms with van der Waals surface area (Å²) >= 11 is 6.08. The minimum atomic E-state index is -0.412. The number of hydrazine groups is 1. The number of nitrogens with one attached hydrogen (secondary N) is 1. The fraction of sp³-hybridized carbons (Fsp3) is 0.143. The Morgan fingerprint density at radius 1 is 1.11 bits per heavy atom. The van der Waals surface area contributed by atoms with Crippen molar-refractivity contribution in [1.82, 2.24) is 5.43 Å². The van der Waals surface area contributed by atoms with E-state index in [-0.39, 0.29) is 5.82 Å². The highest BCUT2D eigenvalue weighted by Crippen LogP contribution is 2.29. The lowest BCUT2D eigenvalue weighted by atomic mass is 9.95. The van der Waals surface area contributed by atoms with Crippen molar-refractivity contribution in [3.63, 3.8) is 0 Å². The van der Waals surface area contributed by atoms with Gasteiger partial charge in [-0.25, -0.2) is 9.82 Å². The lowest BCUT2D eigenvalue weighted by molar-refractivity contribution is 0.559. The summed E-state index contributed by atoms with van der Waals surface area (Å²) in [5.41, 5.74) is 4.91.